The summed E-state index contributed by atoms with van der Waals surface area (Å²) in [6.45, 7) is 3.83. The number of amides is 1. The zero-order chi connectivity index (χ0) is 29.4. The minimum Gasteiger partial charge on any atom is -0.494 e. The molecule has 8 nitrogen and oxygen atoms in total. The summed E-state index contributed by atoms with van der Waals surface area (Å²) in [5, 5.41) is 2.88. The van der Waals surface area contributed by atoms with Crippen LogP contribution < -0.4 is 20.5 Å². The van der Waals surface area contributed by atoms with Gasteiger partial charge in [-0.1, -0.05) is 32.4 Å². The average molecular weight is 564 g/mol. The lowest BCUT2D eigenvalue weighted by Crippen LogP contribution is -2.36. The number of nitrogens with zero attached hydrogens (tertiary/aromatic N) is 1. The van der Waals surface area contributed by atoms with Gasteiger partial charge >= 0.3 is 5.97 Å². The van der Waals surface area contributed by atoms with Crippen molar-refractivity contribution in [2.24, 2.45) is 11.7 Å². The number of pyridine rings is 1. The number of halogens is 1. The number of carbonyl (C=O) groups excluding carboxylic acids is 2. The molecule has 1 atom stereocenters. The van der Waals surface area contributed by atoms with E-state index < -0.39 is 17.8 Å². The van der Waals surface area contributed by atoms with Gasteiger partial charge < -0.3 is 25.3 Å². The molecule has 0 spiro atoms. The first-order valence-electron chi connectivity index (χ1n) is 14.0. The summed E-state index contributed by atoms with van der Waals surface area (Å²) < 4.78 is 31.0. The Morgan fingerprint density at radius 3 is 2.54 bits per heavy atom. The van der Waals surface area contributed by atoms with E-state index in [1.54, 1.807) is 30.5 Å². The number of hydrogen-bond acceptors (Lipinski definition) is 7. The number of benzene rings is 2. The van der Waals surface area contributed by atoms with E-state index in [0.29, 0.717) is 33.7 Å². The van der Waals surface area contributed by atoms with Crippen molar-refractivity contribution in [1.82, 2.24) is 10.3 Å². The molecule has 2 aromatic carbocycles. The Balaban J connectivity index is 1.59. The number of nitrogens with two attached hydrogens (primary N) is 1. The van der Waals surface area contributed by atoms with Crippen LogP contribution in [0.3, 0.4) is 0 Å². The molecule has 0 saturated heterocycles. The number of nitrogens with one attached hydrogen (secondary N) is 1. The number of aromatic nitrogens is 1. The van der Waals surface area contributed by atoms with Crippen LogP contribution in [0.1, 0.15) is 67.4 Å². The summed E-state index contributed by atoms with van der Waals surface area (Å²) in [6, 6.07) is 12.8. The molecular formula is C32H38FN3O5. The van der Waals surface area contributed by atoms with Gasteiger partial charge in [0.1, 0.15) is 18.4 Å². The van der Waals surface area contributed by atoms with Gasteiger partial charge in [-0.25, -0.2) is 4.39 Å². The van der Waals surface area contributed by atoms with Crippen LogP contribution in [0.2, 0.25) is 0 Å². The fraction of sp³-hybridized carbons (Fsp3) is 0.406. The van der Waals surface area contributed by atoms with Gasteiger partial charge in [0.2, 0.25) is 0 Å². The molecule has 41 heavy (non-hydrogen) atoms. The smallest absolute Gasteiger partial charge is 0.323 e. The molecule has 1 aromatic heterocycles. The van der Waals surface area contributed by atoms with E-state index in [9.17, 15) is 14.0 Å². The summed E-state index contributed by atoms with van der Waals surface area (Å²) in [5.41, 5.74) is 8.80. The van der Waals surface area contributed by atoms with E-state index >= 15 is 0 Å². The Labute approximate surface area is 240 Å². The van der Waals surface area contributed by atoms with Crippen LogP contribution in [-0.4, -0.2) is 36.1 Å². The molecule has 1 fully saturated rings. The predicted octanol–water partition coefficient (Wildman–Crippen LogP) is 5.56. The summed E-state index contributed by atoms with van der Waals surface area (Å²) in [5.74, 6) is -0.782. The van der Waals surface area contributed by atoms with Gasteiger partial charge in [0.15, 0.2) is 11.6 Å². The molecule has 1 saturated carbocycles. The molecule has 0 radical (unpaired) electrons. The zero-order valence-corrected chi connectivity index (χ0v) is 23.8. The first-order chi connectivity index (χ1) is 19.8. The second-order valence-electron chi connectivity index (χ2n) is 10.6. The molecule has 3 N–H and O–H groups in total. The van der Waals surface area contributed by atoms with Crippen LogP contribution in [0.4, 0.5) is 4.39 Å². The van der Waals surface area contributed by atoms with Crippen LogP contribution in [0.5, 0.6) is 11.5 Å². The molecule has 1 heterocycles. The quantitative estimate of drug-likeness (QED) is 0.294. The highest BCUT2D eigenvalue weighted by Gasteiger charge is 2.22. The number of methoxy groups -OCH3 is 1. The Bertz CT molecular complexity index is 1360. The standard InChI is InChI=1S/C32H38FN3O5/c1-20(2)29(34)32(38)40-19-23-8-7-15-35-30(23)22-12-14-27(41-24-9-5-4-6-10-24)25(17-22)31(37)36-18-21-11-13-28(39-3)26(33)16-21/h7-8,11-17,20,24,29H,4-6,9-10,18-19,34H2,1-3H3,(H,36,37)/t29-/m0/s1. The lowest BCUT2D eigenvalue weighted by molar-refractivity contribution is -0.147. The third kappa shape index (κ3) is 7.82. The van der Waals surface area contributed by atoms with Crippen molar-refractivity contribution in [1.29, 1.82) is 0 Å². The molecule has 4 rings (SSSR count). The minimum atomic E-state index is -0.721. The molecule has 9 heteroatoms. The molecule has 0 bridgehead atoms. The fourth-order valence-corrected chi connectivity index (χ4v) is 4.75. The van der Waals surface area contributed by atoms with Crippen LogP contribution in [-0.2, 0) is 22.7 Å². The second-order valence-corrected chi connectivity index (χ2v) is 10.6. The van der Waals surface area contributed by atoms with E-state index in [4.69, 9.17) is 19.9 Å². The zero-order valence-electron chi connectivity index (χ0n) is 23.8. The van der Waals surface area contributed by atoms with Crippen molar-refractivity contribution < 1.29 is 28.2 Å². The van der Waals surface area contributed by atoms with Gasteiger partial charge in [-0.05, 0) is 73.6 Å². The van der Waals surface area contributed by atoms with Crippen molar-refractivity contribution in [2.75, 3.05) is 7.11 Å². The maximum absolute atomic E-state index is 14.2. The number of carbonyl (C=O) groups is 2. The number of hydrogen-bond donors (Lipinski definition) is 2. The van der Waals surface area contributed by atoms with Crippen molar-refractivity contribution in [3.8, 4) is 22.8 Å². The Morgan fingerprint density at radius 2 is 1.83 bits per heavy atom. The first-order valence-corrected chi connectivity index (χ1v) is 14.0. The number of ether oxygens (including phenoxy) is 3. The van der Waals surface area contributed by atoms with Gasteiger partial charge in [0.05, 0.1) is 24.5 Å². The van der Waals surface area contributed by atoms with Gasteiger partial charge in [-0.2, -0.15) is 0 Å². The van der Waals surface area contributed by atoms with Crippen LogP contribution >= 0.6 is 0 Å². The topological polar surface area (TPSA) is 113 Å². The largest absolute Gasteiger partial charge is 0.494 e. The number of rotatable bonds is 11. The molecule has 1 aliphatic rings. The summed E-state index contributed by atoms with van der Waals surface area (Å²) in [6.07, 6.45) is 6.90. The molecule has 218 valence electrons. The maximum atomic E-state index is 14.2. The van der Waals surface area contributed by atoms with Crippen molar-refractivity contribution in [3.63, 3.8) is 0 Å². The Kier molecular flexibility index (Phi) is 10.3. The van der Waals surface area contributed by atoms with Gasteiger partial charge in [0, 0.05) is 23.9 Å². The van der Waals surface area contributed by atoms with Crippen LogP contribution in [0.15, 0.2) is 54.7 Å². The maximum Gasteiger partial charge on any atom is 0.323 e. The van der Waals surface area contributed by atoms with Crippen LogP contribution in [0, 0.1) is 11.7 Å². The van der Waals surface area contributed by atoms with Crippen LogP contribution in [0.25, 0.3) is 11.3 Å². The van der Waals surface area contributed by atoms with E-state index in [1.165, 1.54) is 25.7 Å². The van der Waals surface area contributed by atoms with E-state index in [1.807, 2.05) is 26.0 Å². The average Bonchev–Trinajstić information content (AvgIpc) is 2.99. The highest BCUT2D eigenvalue weighted by atomic mass is 19.1. The van der Waals surface area contributed by atoms with E-state index in [-0.39, 0.29) is 36.8 Å². The third-order valence-corrected chi connectivity index (χ3v) is 7.26. The lowest BCUT2D eigenvalue weighted by Gasteiger charge is -2.24. The molecule has 3 aromatic rings. The molecular weight excluding hydrogens is 525 g/mol. The number of esters is 1. The normalized spacial score (nSPS) is 14.4. The summed E-state index contributed by atoms with van der Waals surface area (Å²) in [4.78, 5) is 30.4. The Hall–Kier alpha value is -3.98. The van der Waals surface area contributed by atoms with Crippen molar-refractivity contribution in [2.45, 2.75) is 71.2 Å². The summed E-state index contributed by atoms with van der Waals surface area (Å²) >= 11 is 0. The van der Waals surface area contributed by atoms with Crippen molar-refractivity contribution >= 4 is 11.9 Å². The van der Waals surface area contributed by atoms with Gasteiger partial charge in [0.25, 0.3) is 5.91 Å². The molecule has 1 aliphatic carbocycles. The molecule has 1 amide bonds. The highest BCUT2D eigenvalue weighted by molar-refractivity contribution is 5.98. The lowest BCUT2D eigenvalue weighted by atomic mass is 9.97. The highest BCUT2D eigenvalue weighted by Crippen LogP contribution is 2.31. The minimum absolute atomic E-state index is 0.00663. The van der Waals surface area contributed by atoms with Gasteiger partial charge in [-0.15, -0.1) is 0 Å². The Morgan fingerprint density at radius 1 is 1.07 bits per heavy atom. The van der Waals surface area contributed by atoms with Gasteiger partial charge in [-0.3, -0.25) is 14.6 Å². The monoisotopic (exact) mass is 563 g/mol. The van der Waals surface area contributed by atoms with E-state index in [0.717, 1.165) is 25.7 Å². The first kappa shape index (κ1) is 30.0. The van der Waals surface area contributed by atoms with E-state index in [2.05, 4.69) is 10.3 Å². The second kappa shape index (κ2) is 14.1. The molecule has 0 unspecified atom stereocenters. The SMILES string of the molecule is COc1ccc(CNC(=O)c2cc(-c3ncccc3COC(=O)[C@@H](N)C(C)C)ccc2OC2CCCCC2)cc1F. The fourth-order valence-electron chi connectivity index (χ4n) is 4.75. The predicted molar refractivity (Wildman–Crippen MR) is 154 cm³/mol. The van der Waals surface area contributed by atoms with Crippen molar-refractivity contribution in [3.05, 3.63) is 77.2 Å². The third-order valence-electron chi connectivity index (χ3n) is 7.26. The molecule has 0 aliphatic heterocycles. The summed E-state index contributed by atoms with van der Waals surface area (Å²) in [7, 11) is 1.40.